The molecule has 5 rings (SSSR count). The maximum atomic E-state index is 14.1. The van der Waals surface area contributed by atoms with Gasteiger partial charge in [-0.05, 0) is 72.0 Å². The molecule has 0 fully saturated rings. The number of aromatic amines is 1. The Morgan fingerprint density at radius 2 is 1.95 bits per heavy atom. The van der Waals surface area contributed by atoms with Crippen LogP contribution < -0.4 is 11.1 Å². The highest BCUT2D eigenvalue weighted by Crippen LogP contribution is 2.36. The van der Waals surface area contributed by atoms with Crippen LogP contribution in [0.1, 0.15) is 40.8 Å². The number of allylic oxidation sites excluding steroid dienone is 3. The number of aromatic hydroxyl groups is 1. The second-order valence-electron chi connectivity index (χ2n) is 9.66. The molecular weight excluding hydrogens is 538 g/mol. The highest BCUT2D eigenvalue weighted by molar-refractivity contribution is 6.33. The minimum absolute atomic E-state index is 0.0207. The van der Waals surface area contributed by atoms with E-state index in [0.29, 0.717) is 27.8 Å². The van der Waals surface area contributed by atoms with Gasteiger partial charge in [0.05, 0.1) is 18.2 Å². The number of fused-ring (bicyclic) bond motifs is 1. The summed E-state index contributed by atoms with van der Waals surface area (Å²) in [6.07, 6.45) is 6.96. The van der Waals surface area contributed by atoms with E-state index in [9.17, 15) is 23.5 Å². The zero-order valence-corrected chi connectivity index (χ0v) is 21.9. The number of carbonyl (C=O) groups excluding carboxylic acids is 2. The molecule has 0 spiro atoms. The van der Waals surface area contributed by atoms with Crippen molar-refractivity contribution in [1.29, 1.82) is 0 Å². The molecule has 0 saturated carbocycles. The molecule has 40 heavy (non-hydrogen) atoms. The van der Waals surface area contributed by atoms with Crippen LogP contribution in [-0.4, -0.2) is 26.9 Å². The normalized spacial score (nSPS) is 15.8. The van der Waals surface area contributed by atoms with Crippen molar-refractivity contribution in [2.75, 3.05) is 0 Å². The van der Waals surface area contributed by atoms with Crippen LogP contribution in [0.5, 0.6) is 5.75 Å². The van der Waals surface area contributed by atoms with Gasteiger partial charge in [-0.3, -0.25) is 14.6 Å². The lowest BCUT2D eigenvalue weighted by molar-refractivity contribution is -0.121. The monoisotopic (exact) mass is 562 g/mol. The molecule has 10 heteroatoms. The Morgan fingerprint density at radius 3 is 2.70 bits per heavy atom. The Balaban J connectivity index is 1.48. The molecule has 5 N–H and O–H groups in total. The number of phenols is 1. The summed E-state index contributed by atoms with van der Waals surface area (Å²) in [7, 11) is 0. The lowest BCUT2D eigenvalue weighted by atomic mass is 9.85. The largest absolute Gasteiger partial charge is 0.508 e. The number of hydrogen-bond acceptors (Lipinski definition) is 4. The molecule has 2 heterocycles. The fourth-order valence-electron chi connectivity index (χ4n) is 5.06. The van der Waals surface area contributed by atoms with E-state index in [2.05, 4.69) is 15.3 Å². The van der Waals surface area contributed by atoms with Crippen molar-refractivity contribution in [3.63, 3.8) is 0 Å². The lowest BCUT2D eigenvalue weighted by Crippen LogP contribution is -2.33. The quantitative estimate of drug-likeness (QED) is 0.235. The van der Waals surface area contributed by atoms with Gasteiger partial charge in [-0.2, -0.15) is 0 Å². The summed E-state index contributed by atoms with van der Waals surface area (Å²) in [6.45, 7) is 0. The number of rotatable bonds is 8. The Kier molecular flexibility index (Phi) is 7.66. The number of H-pyrrole nitrogens is 1. The van der Waals surface area contributed by atoms with Gasteiger partial charge >= 0.3 is 0 Å². The number of aromatic nitrogens is 2. The van der Waals surface area contributed by atoms with Crippen molar-refractivity contribution >= 4 is 34.3 Å². The predicted molar refractivity (Wildman–Crippen MR) is 147 cm³/mol. The number of benzene rings is 2. The Labute approximate surface area is 233 Å². The van der Waals surface area contributed by atoms with E-state index in [-0.39, 0.29) is 47.4 Å². The Bertz CT molecular complexity index is 1660. The van der Waals surface area contributed by atoms with E-state index in [1.54, 1.807) is 42.7 Å². The average molecular weight is 563 g/mol. The molecule has 1 aliphatic rings. The van der Waals surface area contributed by atoms with E-state index in [1.165, 1.54) is 12.1 Å². The first-order valence-electron chi connectivity index (χ1n) is 12.5. The van der Waals surface area contributed by atoms with Crippen LogP contribution in [0, 0.1) is 11.6 Å². The third-order valence-electron chi connectivity index (χ3n) is 6.88. The van der Waals surface area contributed by atoms with E-state index in [0.717, 1.165) is 11.6 Å². The number of amides is 2. The van der Waals surface area contributed by atoms with E-state index >= 15 is 0 Å². The summed E-state index contributed by atoms with van der Waals surface area (Å²) < 4.78 is 28.1. The van der Waals surface area contributed by atoms with Gasteiger partial charge in [0.1, 0.15) is 17.4 Å². The van der Waals surface area contributed by atoms with Gasteiger partial charge in [0.15, 0.2) is 0 Å². The molecule has 2 aromatic carbocycles. The number of hydrogen-bond donors (Lipinski definition) is 4. The molecule has 7 nitrogen and oxygen atoms in total. The number of halogens is 3. The molecule has 0 bridgehead atoms. The molecule has 204 valence electrons. The lowest BCUT2D eigenvalue weighted by Gasteiger charge is -2.26. The molecular formula is C30H25ClF2N4O3. The van der Waals surface area contributed by atoms with Crippen molar-refractivity contribution in [2.24, 2.45) is 5.73 Å². The topological polar surface area (TPSA) is 121 Å². The van der Waals surface area contributed by atoms with E-state index in [4.69, 9.17) is 17.3 Å². The highest BCUT2D eigenvalue weighted by atomic mass is 35.5. The molecule has 0 radical (unpaired) electrons. The van der Waals surface area contributed by atoms with Crippen LogP contribution in [0.4, 0.5) is 8.78 Å². The van der Waals surface area contributed by atoms with Crippen LogP contribution in [0.15, 0.2) is 83.7 Å². The zero-order valence-electron chi connectivity index (χ0n) is 21.1. The van der Waals surface area contributed by atoms with Crippen LogP contribution in [0.3, 0.4) is 0 Å². The standard InChI is InChI=1S/C30H25ClF2N4O3/c31-25-5-3-17(11-24(25)30(34)40)22-2-1-7-35-29(22)27(10-16-8-19(32)13-20(33)9-16)37-28(39)12-18-15-36-26-6-4-21(38)14-23(18)26/h1-9,13-15,17,27,36,38H,10-12H2,(H2,34,40)(H,37,39). The van der Waals surface area contributed by atoms with Crippen LogP contribution in [0.2, 0.25) is 0 Å². The molecule has 2 atom stereocenters. The van der Waals surface area contributed by atoms with E-state index in [1.807, 2.05) is 12.1 Å². The van der Waals surface area contributed by atoms with Gasteiger partial charge < -0.3 is 21.1 Å². The Hall–Kier alpha value is -4.50. The Morgan fingerprint density at radius 1 is 1.18 bits per heavy atom. The van der Waals surface area contributed by atoms with Gasteiger partial charge in [0.25, 0.3) is 0 Å². The molecule has 0 aliphatic heterocycles. The van der Waals surface area contributed by atoms with Crippen molar-refractivity contribution in [3.05, 3.63) is 118 Å². The first kappa shape index (κ1) is 27.1. The minimum atomic E-state index is -0.768. The first-order valence-corrected chi connectivity index (χ1v) is 12.9. The first-order chi connectivity index (χ1) is 19.2. The smallest absolute Gasteiger partial charge is 0.246 e. The highest BCUT2D eigenvalue weighted by Gasteiger charge is 2.27. The number of pyridine rings is 1. The zero-order chi connectivity index (χ0) is 28.4. The van der Waals surface area contributed by atoms with Gasteiger partial charge in [0, 0.05) is 45.9 Å². The van der Waals surface area contributed by atoms with Crippen molar-refractivity contribution < 1.29 is 23.5 Å². The molecule has 2 unspecified atom stereocenters. The summed E-state index contributed by atoms with van der Waals surface area (Å²) in [5, 5.41) is 13.9. The van der Waals surface area contributed by atoms with Gasteiger partial charge in [-0.15, -0.1) is 0 Å². The van der Waals surface area contributed by atoms with Gasteiger partial charge in [-0.25, -0.2) is 8.78 Å². The van der Waals surface area contributed by atoms with Crippen molar-refractivity contribution in [1.82, 2.24) is 15.3 Å². The molecule has 2 aromatic heterocycles. The number of phenolic OH excluding ortho intramolecular Hbond substituents is 1. The fourth-order valence-corrected chi connectivity index (χ4v) is 5.31. The van der Waals surface area contributed by atoms with Crippen LogP contribution in [-0.2, 0) is 22.4 Å². The number of carbonyl (C=O) groups is 2. The fraction of sp³-hybridized carbons (Fsp3) is 0.167. The number of nitrogens with zero attached hydrogens (tertiary/aromatic N) is 1. The second kappa shape index (κ2) is 11.3. The minimum Gasteiger partial charge on any atom is -0.508 e. The molecule has 4 aromatic rings. The maximum Gasteiger partial charge on any atom is 0.246 e. The average Bonchev–Trinajstić information content (AvgIpc) is 3.29. The summed E-state index contributed by atoms with van der Waals surface area (Å²) >= 11 is 6.19. The predicted octanol–water partition coefficient (Wildman–Crippen LogP) is 5.21. The third-order valence-corrected chi connectivity index (χ3v) is 7.24. The summed E-state index contributed by atoms with van der Waals surface area (Å²) in [6, 6.07) is 10.8. The SMILES string of the molecule is NC(=O)C1=C(Cl)C=CC(c2cccnc2C(Cc2cc(F)cc(F)c2)NC(=O)Cc2c[nH]c3ccc(O)cc23)C1. The number of nitrogens with one attached hydrogen (secondary N) is 2. The van der Waals surface area contributed by atoms with E-state index < -0.39 is 23.6 Å². The number of nitrogens with two attached hydrogens (primary N) is 1. The van der Waals surface area contributed by atoms with Crippen molar-refractivity contribution in [2.45, 2.75) is 31.2 Å². The molecule has 2 amide bonds. The maximum absolute atomic E-state index is 14.1. The van der Waals surface area contributed by atoms with Crippen LogP contribution in [0.25, 0.3) is 10.9 Å². The summed E-state index contributed by atoms with van der Waals surface area (Å²) in [5.41, 5.74) is 8.76. The summed E-state index contributed by atoms with van der Waals surface area (Å²) in [4.78, 5) is 33.0. The molecule has 1 aliphatic carbocycles. The third kappa shape index (κ3) is 5.89. The van der Waals surface area contributed by atoms with Crippen molar-refractivity contribution in [3.8, 4) is 5.75 Å². The van der Waals surface area contributed by atoms with Gasteiger partial charge in [0.2, 0.25) is 11.8 Å². The number of primary amides is 1. The molecule has 0 saturated heterocycles. The second-order valence-corrected chi connectivity index (χ2v) is 10.1. The summed E-state index contributed by atoms with van der Waals surface area (Å²) in [5.74, 6) is -2.71. The van der Waals surface area contributed by atoms with Gasteiger partial charge in [-0.1, -0.05) is 23.7 Å². The van der Waals surface area contributed by atoms with Crippen LogP contribution >= 0.6 is 11.6 Å².